The van der Waals surface area contributed by atoms with Gasteiger partial charge in [0.05, 0.1) is 24.6 Å². The van der Waals surface area contributed by atoms with E-state index in [-0.39, 0.29) is 5.56 Å². The number of methoxy groups -OCH3 is 1. The lowest BCUT2D eigenvalue weighted by molar-refractivity contribution is 0.416. The molecule has 0 radical (unpaired) electrons. The molecule has 5 nitrogen and oxygen atoms in total. The largest absolute Gasteiger partial charge is 0.496 e. The minimum Gasteiger partial charge on any atom is -0.496 e. The summed E-state index contributed by atoms with van der Waals surface area (Å²) in [6.45, 7) is 2.30. The van der Waals surface area contributed by atoms with Crippen molar-refractivity contribution in [3.05, 3.63) is 88.5 Å². The lowest BCUT2D eigenvalue weighted by atomic mass is 10.0. The summed E-state index contributed by atoms with van der Waals surface area (Å²) in [5, 5.41) is 0.538. The molecule has 0 amide bonds. The normalized spacial score (nSPS) is 10.9. The summed E-state index contributed by atoms with van der Waals surface area (Å²) in [6, 6.07) is 21.3. The number of benzene rings is 3. The van der Waals surface area contributed by atoms with Gasteiger partial charge in [0.1, 0.15) is 11.6 Å². The van der Waals surface area contributed by atoms with E-state index in [4.69, 9.17) is 10.5 Å². The highest BCUT2D eigenvalue weighted by Crippen LogP contribution is 2.29. The van der Waals surface area contributed by atoms with E-state index in [1.165, 1.54) is 0 Å². The number of nitrogen functional groups attached to an aromatic ring is 1. The minimum absolute atomic E-state index is 0.0800. The number of fused-ring (bicyclic) bond motifs is 1. The predicted molar refractivity (Wildman–Crippen MR) is 113 cm³/mol. The number of aryl methyl sites for hydroxylation is 1. The van der Waals surface area contributed by atoms with Crippen LogP contribution >= 0.6 is 0 Å². The smallest absolute Gasteiger partial charge is 0.261 e. The number of hydrogen-bond donors (Lipinski definition) is 1. The van der Waals surface area contributed by atoms with E-state index in [1.54, 1.807) is 29.9 Å². The van der Waals surface area contributed by atoms with E-state index in [1.807, 2.05) is 55.5 Å². The fourth-order valence-electron chi connectivity index (χ4n) is 3.39. The van der Waals surface area contributed by atoms with Crippen molar-refractivity contribution in [1.29, 1.82) is 0 Å². The van der Waals surface area contributed by atoms with Crippen molar-refractivity contribution in [2.24, 2.45) is 0 Å². The highest BCUT2D eigenvalue weighted by Gasteiger charge is 2.10. The van der Waals surface area contributed by atoms with Gasteiger partial charge in [-0.1, -0.05) is 42.5 Å². The summed E-state index contributed by atoms with van der Waals surface area (Å²) < 4.78 is 7.12. The maximum absolute atomic E-state index is 12.9. The van der Waals surface area contributed by atoms with Crippen LogP contribution in [0, 0.1) is 6.92 Å². The van der Waals surface area contributed by atoms with E-state index < -0.39 is 0 Å². The summed E-state index contributed by atoms with van der Waals surface area (Å²) in [5.74, 6) is 1.51. The van der Waals surface area contributed by atoms with Crippen LogP contribution in [0.3, 0.4) is 0 Å². The Balaban J connectivity index is 1.69. The number of para-hydroxylation sites is 1. The Labute approximate surface area is 163 Å². The predicted octanol–water partition coefficient (Wildman–Crippen LogP) is 4.01. The summed E-state index contributed by atoms with van der Waals surface area (Å²) >= 11 is 0. The van der Waals surface area contributed by atoms with Gasteiger partial charge < -0.3 is 10.5 Å². The monoisotopic (exact) mass is 371 g/mol. The molecule has 1 heterocycles. The van der Waals surface area contributed by atoms with Crippen molar-refractivity contribution >= 4 is 16.6 Å². The molecule has 28 heavy (non-hydrogen) atoms. The molecule has 0 aliphatic rings. The Hall–Kier alpha value is -3.60. The fraction of sp³-hybridized carbons (Fsp3) is 0.130. The topological polar surface area (TPSA) is 70.1 Å². The van der Waals surface area contributed by atoms with Crippen LogP contribution in [-0.4, -0.2) is 16.7 Å². The molecule has 0 aliphatic carbocycles. The summed E-state index contributed by atoms with van der Waals surface area (Å²) in [5.41, 5.74) is 10.1. The molecule has 4 aromatic rings. The third-order valence-electron chi connectivity index (χ3n) is 4.88. The first-order chi connectivity index (χ1) is 13.6. The van der Waals surface area contributed by atoms with Crippen molar-refractivity contribution in [2.75, 3.05) is 12.8 Å². The van der Waals surface area contributed by atoms with Gasteiger partial charge in [-0.3, -0.25) is 9.36 Å². The average molecular weight is 371 g/mol. The van der Waals surface area contributed by atoms with Crippen LogP contribution in [0.2, 0.25) is 0 Å². The van der Waals surface area contributed by atoms with Gasteiger partial charge in [0.25, 0.3) is 5.56 Å². The molecule has 0 atom stereocenters. The highest BCUT2D eigenvalue weighted by atomic mass is 16.5. The second-order valence-electron chi connectivity index (χ2n) is 6.72. The van der Waals surface area contributed by atoms with Gasteiger partial charge in [0.2, 0.25) is 0 Å². The molecular weight excluding hydrogens is 350 g/mol. The van der Waals surface area contributed by atoms with E-state index in [0.717, 1.165) is 22.4 Å². The number of nitrogens with zero attached hydrogens (tertiary/aromatic N) is 2. The Morgan fingerprint density at radius 3 is 2.54 bits per heavy atom. The van der Waals surface area contributed by atoms with Crippen molar-refractivity contribution in [1.82, 2.24) is 9.55 Å². The number of ether oxygens (including phenoxy) is 1. The highest BCUT2D eigenvalue weighted by molar-refractivity contribution is 5.81. The second kappa shape index (κ2) is 7.19. The lowest BCUT2D eigenvalue weighted by Gasteiger charge is -2.12. The molecule has 0 saturated carbocycles. The number of hydrogen-bond acceptors (Lipinski definition) is 4. The first-order valence-electron chi connectivity index (χ1n) is 9.06. The number of rotatable bonds is 4. The van der Waals surface area contributed by atoms with Crippen molar-refractivity contribution in [2.45, 2.75) is 13.5 Å². The van der Waals surface area contributed by atoms with Crippen LogP contribution in [0.15, 0.2) is 71.5 Å². The maximum Gasteiger partial charge on any atom is 0.261 e. The molecule has 2 N–H and O–H groups in total. The average Bonchev–Trinajstić information content (AvgIpc) is 2.72. The van der Waals surface area contributed by atoms with Crippen LogP contribution in [0.5, 0.6) is 5.75 Å². The molecule has 0 saturated heterocycles. The molecule has 0 fully saturated rings. The zero-order valence-electron chi connectivity index (χ0n) is 15.8. The molecule has 140 valence electrons. The van der Waals surface area contributed by atoms with E-state index in [2.05, 4.69) is 4.98 Å². The van der Waals surface area contributed by atoms with Crippen LogP contribution in [-0.2, 0) is 6.54 Å². The SMILES string of the molecule is COc1ccccc1-c1ccc(Cn2c(C)nc3ccc(N)cc3c2=O)cc1. The number of aromatic nitrogens is 2. The molecule has 0 aliphatic heterocycles. The van der Waals surface area contributed by atoms with Crippen LogP contribution in [0.25, 0.3) is 22.0 Å². The third kappa shape index (κ3) is 3.22. The summed E-state index contributed by atoms with van der Waals surface area (Å²) in [6.07, 6.45) is 0. The molecule has 4 rings (SSSR count). The molecule has 5 heteroatoms. The van der Waals surface area contributed by atoms with Crippen molar-refractivity contribution in [3.8, 4) is 16.9 Å². The van der Waals surface area contributed by atoms with Crippen LogP contribution in [0.1, 0.15) is 11.4 Å². The number of anilines is 1. The van der Waals surface area contributed by atoms with Gasteiger partial charge in [0.15, 0.2) is 0 Å². The van der Waals surface area contributed by atoms with E-state index in [9.17, 15) is 4.79 Å². The standard InChI is InChI=1S/C23H21N3O2/c1-15-25-21-12-11-18(24)13-20(21)23(27)26(15)14-16-7-9-17(10-8-16)19-5-3-4-6-22(19)28-2/h3-13H,14,24H2,1-2H3. The first kappa shape index (κ1) is 17.8. The molecule has 0 bridgehead atoms. The van der Waals surface area contributed by atoms with Crippen molar-refractivity contribution in [3.63, 3.8) is 0 Å². The number of nitrogens with two attached hydrogens (primary N) is 1. The first-order valence-corrected chi connectivity index (χ1v) is 9.06. The van der Waals surface area contributed by atoms with Gasteiger partial charge in [-0.05, 0) is 42.3 Å². The molecule has 0 spiro atoms. The van der Waals surface area contributed by atoms with Gasteiger partial charge in [-0.25, -0.2) is 4.98 Å². The Kier molecular flexibility index (Phi) is 4.57. The van der Waals surface area contributed by atoms with E-state index >= 15 is 0 Å². The zero-order chi connectivity index (χ0) is 19.7. The molecular formula is C23H21N3O2. The Morgan fingerprint density at radius 2 is 1.79 bits per heavy atom. The van der Waals surface area contributed by atoms with Crippen LogP contribution in [0.4, 0.5) is 5.69 Å². The van der Waals surface area contributed by atoms with E-state index in [0.29, 0.717) is 29.0 Å². The second-order valence-corrected chi connectivity index (χ2v) is 6.72. The van der Waals surface area contributed by atoms with Gasteiger partial charge >= 0.3 is 0 Å². The van der Waals surface area contributed by atoms with Crippen LogP contribution < -0.4 is 16.0 Å². The fourth-order valence-corrected chi connectivity index (χ4v) is 3.39. The quantitative estimate of drug-likeness (QED) is 0.550. The zero-order valence-corrected chi connectivity index (χ0v) is 15.8. The summed E-state index contributed by atoms with van der Waals surface area (Å²) in [7, 11) is 1.67. The lowest BCUT2D eigenvalue weighted by Crippen LogP contribution is -2.24. The molecule has 0 unspecified atom stereocenters. The van der Waals surface area contributed by atoms with Gasteiger partial charge in [-0.2, -0.15) is 0 Å². The minimum atomic E-state index is -0.0800. The molecule has 1 aromatic heterocycles. The van der Waals surface area contributed by atoms with Crippen molar-refractivity contribution < 1.29 is 4.74 Å². The Bertz CT molecular complexity index is 1210. The Morgan fingerprint density at radius 1 is 1.04 bits per heavy atom. The third-order valence-corrected chi connectivity index (χ3v) is 4.88. The van der Waals surface area contributed by atoms with Gasteiger partial charge in [-0.15, -0.1) is 0 Å². The maximum atomic E-state index is 12.9. The van der Waals surface area contributed by atoms with Gasteiger partial charge in [0, 0.05) is 11.3 Å². The summed E-state index contributed by atoms with van der Waals surface area (Å²) in [4.78, 5) is 17.5. The molecule has 3 aromatic carbocycles.